The van der Waals surface area contributed by atoms with Crippen molar-refractivity contribution in [3.05, 3.63) is 65.2 Å². The number of nitrogens with one attached hydrogen (secondary N) is 1. The molecule has 0 bridgehead atoms. The molecular weight excluding hydrogens is 322 g/mol. The standard InChI is InChI=1S/C16H18ClNO3S/c17-15-8-4-5-9-16(15)22(20,21)18-12-14(10-11-19)13-6-2-1-3-7-13/h1-9,14,18-19H,10-12H2. The molecule has 0 aromatic heterocycles. The maximum absolute atomic E-state index is 12.3. The van der Waals surface area contributed by atoms with E-state index >= 15 is 0 Å². The second-order valence-corrected chi connectivity index (χ2v) is 7.04. The Morgan fingerprint density at radius 1 is 1.05 bits per heavy atom. The fourth-order valence-corrected chi connectivity index (χ4v) is 3.82. The minimum atomic E-state index is -3.68. The average molecular weight is 340 g/mol. The van der Waals surface area contributed by atoms with Crippen molar-refractivity contribution in [2.45, 2.75) is 17.2 Å². The van der Waals surface area contributed by atoms with Crippen molar-refractivity contribution in [3.63, 3.8) is 0 Å². The number of aliphatic hydroxyl groups excluding tert-OH is 1. The molecule has 2 N–H and O–H groups in total. The first-order chi connectivity index (χ1) is 10.5. The van der Waals surface area contributed by atoms with Gasteiger partial charge >= 0.3 is 0 Å². The fourth-order valence-electron chi connectivity index (χ4n) is 2.22. The van der Waals surface area contributed by atoms with E-state index in [0.29, 0.717) is 6.42 Å². The maximum Gasteiger partial charge on any atom is 0.242 e. The van der Waals surface area contributed by atoms with Gasteiger partial charge in [0.05, 0.1) is 5.02 Å². The van der Waals surface area contributed by atoms with Crippen LogP contribution in [0.15, 0.2) is 59.5 Å². The van der Waals surface area contributed by atoms with Gasteiger partial charge in [-0.2, -0.15) is 0 Å². The van der Waals surface area contributed by atoms with E-state index in [1.165, 1.54) is 6.07 Å². The molecule has 1 unspecified atom stereocenters. The molecule has 0 fully saturated rings. The van der Waals surface area contributed by atoms with Crippen LogP contribution in [0.2, 0.25) is 5.02 Å². The maximum atomic E-state index is 12.3. The van der Waals surface area contributed by atoms with Crippen LogP contribution in [0.4, 0.5) is 0 Å². The number of benzene rings is 2. The van der Waals surface area contributed by atoms with Gasteiger partial charge in [0.1, 0.15) is 4.90 Å². The van der Waals surface area contributed by atoms with E-state index in [0.717, 1.165) is 5.56 Å². The van der Waals surface area contributed by atoms with E-state index in [1.807, 2.05) is 30.3 Å². The molecule has 22 heavy (non-hydrogen) atoms. The van der Waals surface area contributed by atoms with Crippen LogP contribution in [0.25, 0.3) is 0 Å². The monoisotopic (exact) mass is 339 g/mol. The van der Waals surface area contributed by atoms with Crippen LogP contribution >= 0.6 is 11.6 Å². The van der Waals surface area contributed by atoms with Crippen LogP contribution in [0, 0.1) is 0 Å². The minimum absolute atomic E-state index is 0.00657. The molecule has 6 heteroatoms. The van der Waals surface area contributed by atoms with Crippen LogP contribution in [-0.4, -0.2) is 26.7 Å². The summed E-state index contributed by atoms with van der Waals surface area (Å²) in [5.41, 5.74) is 0.985. The molecule has 2 aromatic carbocycles. The lowest BCUT2D eigenvalue weighted by Crippen LogP contribution is -2.29. The van der Waals surface area contributed by atoms with Gasteiger partial charge in [0.15, 0.2) is 0 Å². The second-order valence-electron chi connectivity index (χ2n) is 4.90. The first kappa shape index (κ1) is 17.0. The van der Waals surface area contributed by atoms with Crippen molar-refractivity contribution >= 4 is 21.6 Å². The van der Waals surface area contributed by atoms with Gasteiger partial charge in [-0.1, -0.05) is 54.1 Å². The van der Waals surface area contributed by atoms with E-state index in [2.05, 4.69) is 4.72 Å². The van der Waals surface area contributed by atoms with Crippen LogP contribution in [0.1, 0.15) is 17.9 Å². The minimum Gasteiger partial charge on any atom is -0.396 e. The molecule has 0 radical (unpaired) electrons. The lowest BCUT2D eigenvalue weighted by atomic mass is 9.96. The first-order valence-corrected chi connectivity index (χ1v) is 8.80. The molecule has 0 aliphatic carbocycles. The Kier molecular flexibility index (Phi) is 5.97. The van der Waals surface area contributed by atoms with Crippen molar-refractivity contribution in [2.24, 2.45) is 0 Å². The summed E-state index contributed by atoms with van der Waals surface area (Å²) in [5, 5.41) is 9.38. The summed E-state index contributed by atoms with van der Waals surface area (Å²) in [6, 6.07) is 15.8. The highest BCUT2D eigenvalue weighted by molar-refractivity contribution is 7.89. The van der Waals surface area contributed by atoms with Crippen molar-refractivity contribution in [2.75, 3.05) is 13.2 Å². The molecule has 0 saturated heterocycles. The Morgan fingerprint density at radius 2 is 1.68 bits per heavy atom. The van der Waals surface area contributed by atoms with Gasteiger partial charge in [0, 0.05) is 13.2 Å². The average Bonchev–Trinajstić information content (AvgIpc) is 2.52. The van der Waals surface area contributed by atoms with Crippen molar-refractivity contribution in [1.82, 2.24) is 4.72 Å². The number of rotatable bonds is 7. The highest BCUT2D eigenvalue weighted by atomic mass is 35.5. The number of sulfonamides is 1. The van der Waals surface area contributed by atoms with Gasteiger partial charge in [-0.3, -0.25) is 0 Å². The predicted molar refractivity (Wildman–Crippen MR) is 87.5 cm³/mol. The lowest BCUT2D eigenvalue weighted by molar-refractivity contribution is 0.275. The topological polar surface area (TPSA) is 66.4 Å². The van der Waals surface area contributed by atoms with Gasteiger partial charge in [0.2, 0.25) is 10.0 Å². The van der Waals surface area contributed by atoms with Crippen LogP contribution in [0.5, 0.6) is 0 Å². The van der Waals surface area contributed by atoms with E-state index in [-0.39, 0.29) is 29.0 Å². The third-order valence-corrected chi connectivity index (χ3v) is 5.32. The van der Waals surface area contributed by atoms with Crippen molar-refractivity contribution < 1.29 is 13.5 Å². The van der Waals surface area contributed by atoms with Crippen LogP contribution in [-0.2, 0) is 10.0 Å². The first-order valence-electron chi connectivity index (χ1n) is 6.94. The molecule has 0 saturated carbocycles. The second kappa shape index (κ2) is 7.74. The van der Waals surface area contributed by atoms with E-state index < -0.39 is 10.0 Å². The zero-order valence-corrected chi connectivity index (χ0v) is 13.5. The van der Waals surface area contributed by atoms with Gasteiger partial charge in [-0.15, -0.1) is 0 Å². The van der Waals surface area contributed by atoms with Crippen molar-refractivity contribution in [3.8, 4) is 0 Å². The third-order valence-electron chi connectivity index (χ3n) is 3.39. The Balaban J connectivity index is 2.14. The van der Waals surface area contributed by atoms with Gasteiger partial charge in [0.25, 0.3) is 0 Å². The Labute approximate surface area is 135 Å². The van der Waals surface area contributed by atoms with Crippen LogP contribution in [0.3, 0.4) is 0 Å². The Bertz CT molecular complexity index is 704. The third kappa shape index (κ3) is 4.30. The Hall–Kier alpha value is -1.40. The molecule has 0 heterocycles. The fraction of sp³-hybridized carbons (Fsp3) is 0.250. The normalized spacial score (nSPS) is 13.0. The van der Waals surface area contributed by atoms with E-state index in [1.54, 1.807) is 18.2 Å². The zero-order chi connectivity index (χ0) is 16.0. The molecule has 1 atom stereocenters. The number of hydrogen-bond donors (Lipinski definition) is 2. The number of aliphatic hydroxyl groups is 1. The summed E-state index contributed by atoms with van der Waals surface area (Å²) in [5.74, 6) is -0.0940. The molecule has 0 amide bonds. The smallest absolute Gasteiger partial charge is 0.242 e. The van der Waals surface area contributed by atoms with E-state index in [4.69, 9.17) is 11.6 Å². The number of hydrogen-bond acceptors (Lipinski definition) is 3. The van der Waals surface area contributed by atoms with Crippen molar-refractivity contribution in [1.29, 1.82) is 0 Å². The Morgan fingerprint density at radius 3 is 2.32 bits per heavy atom. The van der Waals surface area contributed by atoms with E-state index in [9.17, 15) is 13.5 Å². The zero-order valence-electron chi connectivity index (χ0n) is 11.9. The van der Waals surface area contributed by atoms with Crippen LogP contribution < -0.4 is 4.72 Å². The van der Waals surface area contributed by atoms with Gasteiger partial charge in [-0.05, 0) is 30.0 Å². The number of halogens is 1. The molecule has 0 spiro atoms. The summed E-state index contributed by atoms with van der Waals surface area (Å²) < 4.78 is 27.2. The lowest BCUT2D eigenvalue weighted by Gasteiger charge is -2.17. The summed E-state index contributed by atoms with van der Waals surface area (Å²) >= 11 is 5.94. The largest absolute Gasteiger partial charge is 0.396 e. The molecule has 2 rings (SSSR count). The molecule has 0 aliphatic rings. The summed E-state index contributed by atoms with van der Waals surface area (Å²) in [4.78, 5) is 0.0625. The van der Waals surface area contributed by atoms with Gasteiger partial charge < -0.3 is 5.11 Å². The predicted octanol–water partition coefficient (Wildman–Crippen LogP) is 2.78. The highest BCUT2D eigenvalue weighted by Gasteiger charge is 2.20. The summed E-state index contributed by atoms with van der Waals surface area (Å²) in [7, 11) is -3.68. The molecule has 4 nitrogen and oxygen atoms in total. The summed E-state index contributed by atoms with van der Waals surface area (Å²) in [6.07, 6.45) is 0.481. The summed E-state index contributed by atoms with van der Waals surface area (Å²) in [6.45, 7) is 0.200. The molecule has 0 aliphatic heterocycles. The quantitative estimate of drug-likeness (QED) is 0.815. The molecule has 118 valence electrons. The molecule has 2 aromatic rings. The van der Waals surface area contributed by atoms with Gasteiger partial charge in [-0.25, -0.2) is 13.1 Å². The SMILES string of the molecule is O=S(=O)(NCC(CCO)c1ccccc1)c1ccccc1Cl. The highest BCUT2D eigenvalue weighted by Crippen LogP contribution is 2.22. The molecular formula is C16H18ClNO3S.